The molecule has 10 heavy (non-hydrogen) atoms. The van der Waals surface area contributed by atoms with Gasteiger partial charge in [0, 0.05) is 21.2 Å². The van der Waals surface area contributed by atoms with Crippen molar-refractivity contribution < 1.29 is 8.22 Å². The van der Waals surface area contributed by atoms with Crippen molar-refractivity contribution >= 4 is 0 Å². The van der Waals surface area contributed by atoms with Gasteiger partial charge in [-0.25, -0.2) is 4.68 Å². The second-order valence-electron chi connectivity index (χ2n) is 1.91. The van der Waals surface area contributed by atoms with Crippen molar-refractivity contribution in [1.29, 1.82) is 0 Å². The van der Waals surface area contributed by atoms with E-state index < -0.39 is 19.1 Å². The van der Waals surface area contributed by atoms with Crippen molar-refractivity contribution in [2.75, 3.05) is 0 Å². The molecule has 0 radical (unpaired) electrons. The summed E-state index contributed by atoms with van der Waals surface area (Å²) in [6, 6.07) is 0. The van der Waals surface area contributed by atoms with Crippen molar-refractivity contribution in [1.82, 2.24) is 20.2 Å². The summed E-state index contributed by atoms with van der Waals surface area (Å²) >= 11 is 0. The molecule has 0 N–H and O–H groups in total. The highest BCUT2D eigenvalue weighted by molar-refractivity contribution is 4.82. The fourth-order valence-corrected chi connectivity index (χ4v) is 0.773. The molecule has 1 aliphatic heterocycles. The maximum atomic E-state index is 7.64. The Morgan fingerprint density at radius 3 is 3.40 bits per heavy atom. The van der Waals surface area contributed by atoms with E-state index in [-0.39, 0.29) is 18.8 Å². The Hall–Kier alpha value is -0.930. The highest BCUT2D eigenvalue weighted by Gasteiger charge is 2.08. The van der Waals surface area contributed by atoms with Gasteiger partial charge in [-0.15, -0.1) is 5.10 Å². The highest BCUT2D eigenvalue weighted by Crippen LogP contribution is 2.09. The molecule has 1 aromatic heterocycles. The van der Waals surface area contributed by atoms with Crippen LogP contribution in [0.1, 0.15) is 33.2 Å². The summed E-state index contributed by atoms with van der Waals surface area (Å²) in [5, 5.41) is 10.4. The summed E-state index contributed by atoms with van der Waals surface area (Å²) < 4.78 is 46.9. The van der Waals surface area contributed by atoms with Crippen molar-refractivity contribution in [3.63, 3.8) is 0 Å². The zero-order chi connectivity index (χ0) is 12.2. The zero-order valence-electron chi connectivity index (χ0n) is 11.2. The van der Waals surface area contributed by atoms with Crippen molar-refractivity contribution in [3.05, 3.63) is 5.82 Å². The van der Waals surface area contributed by atoms with Gasteiger partial charge < -0.3 is 0 Å². The van der Waals surface area contributed by atoms with Gasteiger partial charge in [0.2, 0.25) is 0 Å². The number of aryl methyl sites for hydroxylation is 2. The van der Waals surface area contributed by atoms with Crippen LogP contribution in [0.5, 0.6) is 0 Å². The molecule has 0 saturated carbocycles. The average Bonchev–Trinajstić information content (AvgIpc) is 2.48. The normalized spacial score (nSPS) is 42.0. The maximum absolute atomic E-state index is 7.64. The molecular formula is C6H10N4. The van der Waals surface area contributed by atoms with Crippen LogP contribution in [-0.4, -0.2) is 20.2 Å². The fourth-order valence-electron chi connectivity index (χ4n) is 0.773. The molecule has 0 amide bonds. The molecule has 0 unspecified atom stereocenters. The lowest BCUT2D eigenvalue weighted by molar-refractivity contribution is 0.556. The molecule has 4 nitrogen and oxygen atoms in total. The molecule has 0 aromatic carbocycles. The molecule has 0 aliphatic carbocycles. The predicted octanol–water partition coefficient (Wildman–Crippen LogP) is 0.399. The van der Waals surface area contributed by atoms with Gasteiger partial charge in [0.05, 0.1) is 0 Å². The summed E-state index contributed by atoms with van der Waals surface area (Å²) in [5.74, 6) is 0.162. The summed E-state index contributed by atoms with van der Waals surface area (Å²) in [5.41, 5.74) is 0. The first-order chi connectivity index (χ1) is 7.17. The molecule has 2 heterocycles. The molecule has 0 saturated heterocycles. The average molecular weight is 144 g/mol. The van der Waals surface area contributed by atoms with Crippen LogP contribution in [0.15, 0.2) is 0 Å². The number of hydrogen-bond acceptors (Lipinski definition) is 3. The second kappa shape index (κ2) is 2.36. The lowest BCUT2D eigenvalue weighted by atomic mass is 10.2. The van der Waals surface area contributed by atoms with E-state index in [0.717, 1.165) is 4.68 Å². The number of nitrogens with zero attached hydrogens (tertiary/aromatic N) is 4. The van der Waals surface area contributed by atoms with Crippen molar-refractivity contribution in [3.8, 4) is 0 Å². The van der Waals surface area contributed by atoms with E-state index in [9.17, 15) is 0 Å². The van der Waals surface area contributed by atoms with E-state index >= 15 is 0 Å². The largest absolute Gasteiger partial charge is 0.230 e. The van der Waals surface area contributed by atoms with E-state index in [1.54, 1.807) is 0 Å². The number of hydrogen-bond donors (Lipinski definition) is 0. The van der Waals surface area contributed by atoms with E-state index in [2.05, 4.69) is 15.5 Å². The topological polar surface area (TPSA) is 43.6 Å². The van der Waals surface area contributed by atoms with Gasteiger partial charge in [0.15, 0.2) is 5.82 Å². The monoisotopic (exact) mass is 144 g/mol. The molecule has 0 spiro atoms. The Kier molecular flexibility index (Phi) is 0.540. The third kappa shape index (κ3) is 0.894. The van der Waals surface area contributed by atoms with Gasteiger partial charge in [-0.05, 0) is 23.2 Å². The third-order valence-corrected chi connectivity index (χ3v) is 1.26. The first-order valence-electron chi connectivity index (χ1n) is 5.92. The lowest BCUT2D eigenvalue weighted by Gasteiger charge is -1.94. The van der Waals surface area contributed by atoms with Crippen LogP contribution >= 0.6 is 0 Å². The van der Waals surface area contributed by atoms with E-state index in [0.29, 0.717) is 0 Å². The lowest BCUT2D eigenvalue weighted by Crippen LogP contribution is -2.02. The Labute approximate surface area is 67.7 Å². The molecule has 1 aromatic rings. The standard InChI is InChI=1S/C6H10N4/c1-2-4-6-7-8-9-10(6)5-3-1/h1-5H2/i1D2,2D2,3D2. The Morgan fingerprint density at radius 2 is 2.40 bits per heavy atom. The van der Waals surface area contributed by atoms with Crippen LogP contribution < -0.4 is 0 Å². The quantitative estimate of drug-likeness (QED) is 0.529. The molecular weight excluding hydrogens is 128 g/mol. The first-order valence-corrected chi connectivity index (χ1v) is 2.92. The number of tetrazole rings is 1. The Morgan fingerprint density at radius 1 is 1.40 bits per heavy atom. The van der Waals surface area contributed by atoms with Gasteiger partial charge in [0.25, 0.3) is 0 Å². The minimum atomic E-state index is -2.61. The molecule has 0 atom stereocenters. The van der Waals surface area contributed by atoms with Crippen LogP contribution in [0.25, 0.3) is 0 Å². The minimum Gasteiger partial charge on any atom is -0.230 e. The summed E-state index contributed by atoms with van der Waals surface area (Å²) in [4.78, 5) is 0. The maximum Gasteiger partial charge on any atom is 0.151 e. The smallest absolute Gasteiger partial charge is 0.151 e. The van der Waals surface area contributed by atoms with Crippen LogP contribution in [0.2, 0.25) is 0 Å². The molecule has 1 aliphatic rings. The van der Waals surface area contributed by atoms with Gasteiger partial charge in [0.1, 0.15) is 0 Å². The van der Waals surface area contributed by atoms with Gasteiger partial charge in [-0.3, -0.25) is 0 Å². The van der Waals surface area contributed by atoms with Crippen LogP contribution in [-0.2, 0) is 13.0 Å². The summed E-state index contributed by atoms with van der Waals surface area (Å²) in [6.45, 7) is -0.387. The zero-order valence-corrected chi connectivity index (χ0v) is 5.20. The first kappa shape index (κ1) is 2.29. The minimum absolute atomic E-state index is 0.162. The van der Waals surface area contributed by atoms with Gasteiger partial charge in [-0.1, -0.05) is 6.37 Å². The molecule has 2 rings (SSSR count). The van der Waals surface area contributed by atoms with Crippen LogP contribution in [0, 0.1) is 0 Å². The van der Waals surface area contributed by atoms with Crippen LogP contribution in [0.4, 0.5) is 0 Å². The number of fused-ring (bicyclic) bond motifs is 1. The van der Waals surface area contributed by atoms with E-state index in [1.165, 1.54) is 0 Å². The summed E-state index contributed by atoms with van der Waals surface area (Å²) in [6.07, 6.45) is -7.66. The van der Waals surface area contributed by atoms with Gasteiger partial charge in [-0.2, -0.15) is 0 Å². The highest BCUT2D eigenvalue weighted by atomic mass is 15.5. The van der Waals surface area contributed by atoms with E-state index in [4.69, 9.17) is 8.22 Å². The van der Waals surface area contributed by atoms with E-state index in [1.807, 2.05) is 0 Å². The Bertz CT molecular complexity index is 378. The molecule has 0 bridgehead atoms. The summed E-state index contributed by atoms with van der Waals surface area (Å²) in [7, 11) is 0. The Balaban J connectivity index is 2.55. The fraction of sp³-hybridized carbons (Fsp3) is 0.833. The van der Waals surface area contributed by atoms with Crippen LogP contribution in [0.3, 0.4) is 0 Å². The third-order valence-electron chi connectivity index (χ3n) is 1.26. The SMILES string of the molecule is [2H]C1([2H])Cc2nnnn2CC([2H])([2H])C1([2H])[2H]. The molecule has 4 heteroatoms. The predicted molar refractivity (Wildman–Crippen MR) is 35.4 cm³/mol. The van der Waals surface area contributed by atoms with Crippen molar-refractivity contribution in [2.24, 2.45) is 0 Å². The molecule has 0 fully saturated rings. The number of aromatic nitrogens is 4. The second-order valence-corrected chi connectivity index (χ2v) is 1.91. The van der Waals surface area contributed by atoms with Crippen molar-refractivity contribution in [2.45, 2.75) is 32.1 Å². The van der Waals surface area contributed by atoms with Gasteiger partial charge >= 0.3 is 0 Å². The molecule has 54 valence electrons. The number of rotatable bonds is 0.